The maximum atomic E-state index is 13.7. The summed E-state index contributed by atoms with van der Waals surface area (Å²) in [5, 5.41) is 47.2. The van der Waals surface area contributed by atoms with Gasteiger partial charge in [-0.3, -0.25) is 0 Å². The molecule has 0 spiro atoms. The number of carbonyl (C=O) groups excluding carboxylic acids is 4. The van der Waals surface area contributed by atoms with E-state index in [0.29, 0.717) is 22.3 Å². The molecule has 8 aromatic rings. The zero-order valence-corrected chi connectivity index (χ0v) is 44.0. The number of phenols is 4. The Labute approximate surface area is 460 Å². The average molecular weight is 1080 g/mol. The normalized spacial score (nSPS) is 15.3. The number of aromatic hydroxyl groups is 4. The first kappa shape index (κ1) is 54.8. The Balaban J connectivity index is 1.21. The first-order valence-electron chi connectivity index (χ1n) is 25.6. The van der Waals surface area contributed by atoms with Crippen LogP contribution in [0.4, 0.5) is 19.2 Å². The van der Waals surface area contributed by atoms with E-state index in [4.69, 9.17) is 37.9 Å². The van der Waals surface area contributed by atoms with Crippen molar-refractivity contribution in [2.45, 2.75) is 77.8 Å². The van der Waals surface area contributed by atoms with Crippen molar-refractivity contribution in [2.75, 3.05) is 0 Å². The lowest BCUT2D eigenvalue weighted by molar-refractivity contribution is 0.0889. The maximum Gasteiger partial charge on any atom is 0.514 e. The van der Waals surface area contributed by atoms with Crippen molar-refractivity contribution in [1.29, 1.82) is 0 Å². The van der Waals surface area contributed by atoms with Crippen LogP contribution in [0.2, 0.25) is 0 Å². The molecule has 0 fully saturated rings. The second-order valence-corrected chi connectivity index (χ2v) is 19.2. The van der Waals surface area contributed by atoms with E-state index in [1.807, 2.05) is 24.3 Å². The van der Waals surface area contributed by atoms with Crippen LogP contribution < -0.4 is 18.9 Å². The van der Waals surface area contributed by atoms with Crippen molar-refractivity contribution >= 4 is 24.6 Å². The predicted molar refractivity (Wildman–Crippen MR) is 292 cm³/mol. The third kappa shape index (κ3) is 12.9. The largest absolute Gasteiger partial charge is 0.514 e. The number of ether oxygens (including phenoxy) is 8. The molecule has 0 saturated heterocycles. The van der Waals surface area contributed by atoms with Crippen molar-refractivity contribution in [3.05, 3.63) is 237 Å². The zero-order valence-electron chi connectivity index (χ0n) is 44.0. The van der Waals surface area contributed by atoms with Crippen LogP contribution in [0.15, 0.2) is 170 Å². The first-order valence-corrected chi connectivity index (χ1v) is 25.6. The number of hydrogen-bond acceptors (Lipinski definition) is 16. The van der Waals surface area contributed by atoms with E-state index in [1.54, 1.807) is 149 Å². The van der Waals surface area contributed by atoms with Crippen molar-refractivity contribution in [1.82, 2.24) is 0 Å². The molecular formula is C64H56O16. The SMILES string of the molecule is CC1c2cc(c(O)cc2O)C(C)c2cc(c(OC(=O)OCc3ccccc3)cc2OC(=O)OCc2ccccc2)C(C)c2cc(c(O)cc2O)C(C)c2cc1c(OC(=O)OCc1ccccc1)cc2OC(=O)OCc1ccccc1. The summed E-state index contributed by atoms with van der Waals surface area (Å²) < 4.78 is 46.0. The maximum absolute atomic E-state index is 13.7. The van der Waals surface area contributed by atoms with Gasteiger partial charge in [0.25, 0.3) is 0 Å². The molecular weight excluding hydrogens is 1020 g/mol. The third-order valence-electron chi connectivity index (χ3n) is 13.9. The van der Waals surface area contributed by atoms with E-state index in [1.165, 1.54) is 12.1 Å². The molecule has 9 rings (SSSR count). The van der Waals surface area contributed by atoms with Gasteiger partial charge in [-0.25, -0.2) is 19.2 Å². The Bertz CT molecular complexity index is 3080. The zero-order chi connectivity index (χ0) is 56.5. The first-order chi connectivity index (χ1) is 38.6. The topological polar surface area (TPSA) is 223 Å². The average Bonchev–Trinajstić information content (AvgIpc) is 3.51. The summed E-state index contributed by atoms with van der Waals surface area (Å²) in [6, 6.07) is 46.8. The van der Waals surface area contributed by atoms with Crippen LogP contribution in [0.5, 0.6) is 46.0 Å². The molecule has 1 aliphatic carbocycles. The molecule has 16 nitrogen and oxygen atoms in total. The minimum Gasteiger partial charge on any atom is -0.508 e. The highest BCUT2D eigenvalue weighted by molar-refractivity contribution is 5.72. The molecule has 4 unspecified atom stereocenters. The lowest BCUT2D eigenvalue weighted by Crippen LogP contribution is -2.17. The van der Waals surface area contributed by atoms with E-state index in [-0.39, 0.29) is 117 Å². The minimum atomic E-state index is -1.12. The lowest BCUT2D eigenvalue weighted by atomic mass is 9.80. The van der Waals surface area contributed by atoms with Gasteiger partial charge in [-0.2, -0.15) is 0 Å². The van der Waals surface area contributed by atoms with Gasteiger partial charge >= 0.3 is 24.6 Å². The number of carbonyl (C=O) groups is 4. The Morgan fingerprint density at radius 2 is 0.500 bits per heavy atom. The van der Waals surface area contributed by atoms with E-state index in [2.05, 4.69) is 0 Å². The number of fused-ring (bicyclic) bond motifs is 8. The Morgan fingerprint density at radius 1 is 0.300 bits per heavy atom. The Morgan fingerprint density at radius 3 is 0.713 bits per heavy atom. The summed E-state index contributed by atoms with van der Waals surface area (Å²) in [6.45, 7) is 6.22. The van der Waals surface area contributed by atoms with Crippen LogP contribution in [0.1, 0.15) is 118 Å². The fourth-order valence-corrected chi connectivity index (χ4v) is 9.52. The number of hydrogen-bond donors (Lipinski definition) is 4. The molecule has 0 aliphatic heterocycles. The van der Waals surface area contributed by atoms with Crippen molar-refractivity contribution < 1.29 is 77.5 Å². The highest BCUT2D eigenvalue weighted by Gasteiger charge is 2.33. The molecule has 8 bridgehead atoms. The fourth-order valence-electron chi connectivity index (χ4n) is 9.52. The monoisotopic (exact) mass is 1080 g/mol. The number of rotatable bonds is 12. The smallest absolute Gasteiger partial charge is 0.508 e. The molecule has 16 heteroatoms. The molecule has 0 aromatic heterocycles. The highest BCUT2D eigenvalue weighted by atomic mass is 16.7. The van der Waals surface area contributed by atoms with Gasteiger partial charge in [0.15, 0.2) is 0 Å². The van der Waals surface area contributed by atoms with Crippen LogP contribution in [0.3, 0.4) is 0 Å². The van der Waals surface area contributed by atoms with Gasteiger partial charge in [-0.05, 0) is 46.5 Å². The molecule has 1 aliphatic rings. The van der Waals surface area contributed by atoms with Crippen LogP contribution in [-0.4, -0.2) is 45.0 Å². The molecule has 80 heavy (non-hydrogen) atoms. The van der Waals surface area contributed by atoms with E-state index in [9.17, 15) is 39.6 Å². The van der Waals surface area contributed by atoms with Crippen LogP contribution in [0, 0.1) is 0 Å². The highest BCUT2D eigenvalue weighted by Crippen LogP contribution is 2.50. The summed E-state index contributed by atoms with van der Waals surface area (Å²) in [5.74, 6) is -5.75. The third-order valence-corrected chi connectivity index (χ3v) is 13.9. The number of benzene rings is 8. The quantitative estimate of drug-likeness (QED) is 0.0507. The Kier molecular flexibility index (Phi) is 16.8. The van der Waals surface area contributed by atoms with Crippen molar-refractivity contribution in [3.63, 3.8) is 0 Å². The molecule has 4 atom stereocenters. The van der Waals surface area contributed by atoms with Gasteiger partial charge in [0.05, 0.1) is 0 Å². The minimum absolute atomic E-state index is 0.153. The fraction of sp³-hybridized carbons (Fsp3) is 0.188. The van der Waals surface area contributed by atoms with Crippen LogP contribution >= 0.6 is 0 Å². The van der Waals surface area contributed by atoms with E-state index >= 15 is 0 Å². The van der Waals surface area contributed by atoms with Crippen LogP contribution in [0.25, 0.3) is 0 Å². The van der Waals surface area contributed by atoms with Gasteiger partial charge < -0.3 is 58.3 Å². The van der Waals surface area contributed by atoms with E-state index in [0.717, 1.165) is 12.1 Å². The summed E-state index contributed by atoms with van der Waals surface area (Å²) in [7, 11) is 0. The molecule has 408 valence electrons. The second kappa shape index (κ2) is 24.6. The van der Waals surface area contributed by atoms with Crippen molar-refractivity contribution in [2.24, 2.45) is 0 Å². The molecule has 8 aromatic carbocycles. The van der Waals surface area contributed by atoms with Gasteiger partial charge in [0, 0.05) is 92.4 Å². The second-order valence-electron chi connectivity index (χ2n) is 19.2. The lowest BCUT2D eigenvalue weighted by Gasteiger charge is -2.27. The van der Waals surface area contributed by atoms with Gasteiger partial charge in [0.2, 0.25) is 0 Å². The van der Waals surface area contributed by atoms with Gasteiger partial charge in [-0.1, -0.05) is 149 Å². The van der Waals surface area contributed by atoms with E-state index < -0.39 is 48.3 Å². The standard InChI is InChI=1S/C64H56O16/c1-37-45-25-46(54(66)29-53(45)65)38(2)51-28-52(60(80-64(72)76-36-44-23-15-8-16-24-44)32-59(51)79-63(71)75-35-43-21-13-7-14-22-43)40(4)48-26-47(55(67)30-56(48)68)39(3)50-27-49(37)57(77-61(69)73-33-41-17-9-5-10-18-41)31-58(50)78-62(70)74-34-42-19-11-6-12-20-42/h5-32,37-40,65-68H,33-36H2,1-4H3. The molecule has 0 amide bonds. The van der Waals surface area contributed by atoms with Gasteiger partial charge in [-0.15, -0.1) is 0 Å². The number of phenolic OH excluding ortho intramolecular Hbond substituents is 4. The van der Waals surface area contributed by atoms with Gasteiger partial charge in [0.1, 0.15) is 72.4 Å². The molecule has 0 heterocycles. The molecule has 4 N–H and O–H groups in total. The summed E-state index contributed by atoms with van der Waals surface area (Å²) in [4.78, 5) is 54.8. The summed E-state index contributed by atoms with van der Waals surface area (Å²) >= 11 is 0. The predicted octanol–water partition coefficient (Wildman–Crippen LogP) is 14.3. The van der Waals surface area contributed by atoms with Crippen molar-refractivity contribution in [3.8, 4) is 46.0 Å². The van der Waals surface area contributed by atoms with Crippen LogP contribution in [-0.2, 0) is 45.4 Å². The summed E-state index contributed by atoms with van der Waals surface area (Å²) in [6.07, 6.45) is -4.48. The summed E-state index contributed by atoms with van der Waals surface area (Å²) in [5.41, 5.74) is 4.54. The Hall–Kier alpha value is -9.96. The molecule has 0 saturated carbocycles. The molecule has 0 radical (unpaired) electrons.